The van der Waals surface area contributed by atoms with E-state index in [9.17, 15) is 0 Å². The molecule has 11 aromatic rings. The molecule has 10 aromatic carbocycles. The third kappa shape index (κ3) is 4.74. The minimum atomic E-state index is -0.476. The molecule has 17 rings (SSSR count). The van der Waals surface area contributed by atoms with Crippen LogP contribution < -0.4 is 25.5 Å². The number of thiophene rings is 1. The molecule has 340 valence electrons. The molecule has 2 nitrogen and oxygen atoms in total. The van der Waals surface area contributed by atoms with E-state index in [2.05, 4.69) is 260 Å². The largest absolute Gasteiger partial charge is 0.311 e. The molecule has 0 saturated heterocycles. The van der Waals surface area contributed by atoms with Crippen LogP contribution in [0.25, 0.3) is 44.5 Å². The second-order valence-electron chi connectivity index (χ2n) is 21.2. The van der Waals surface area contributed by atoms with Crippen LogP contribution in [0.15, 0.2) is 218 Å². The maximum Gasteiger partial charge on any atom is 0.264 e. The van der Waals surface area contributed by atoms with Gasteiger partial charge < -0.3 is 9.80 Å². The molecule has 4 heteroatoms. The molecule has 2 spiro atoms. The zero-order valence-electron chi connectivity index (χ0n) is 40.7. The third-order valence-electron chi connectivity index (χ3n) is 17.6. The molecule has 6 aliphatic rings. The van der Waals surface area contributed by atoms with Crippen molar-refractivity contribution in [3.05, 3.63) is 279 Å². The van der Waals surface area contributed by atoms with Crippen molar-refractivity contribution < 1.29 is 0 Å². The van der Waals surface area contributed by atoms with Gasteiger partial charge in [0, 0.05) is 43.7 Å². The Balaban J connectivity index is 1.03. The van der Waals surface area contributed by atoms with Crippen molar-refractivity contribution in [2.45, 2.75) is 31.6 Å². The fourth-order valence-electron chi connectivity index (χ4n) is 14.9. The van der Waals surface area contributed by atoms with E-state index in [1.807, 2.05) is 0 Å². The maximum atomic E-state index is 2.67. The van der Waals surface area contributed by atoms with Crippen LogP contribution >= 0.6 is 11.3 Å². The normalized spacial score (nSPS) is 15.2. The van der Waals surface area contributed by atoms with E-state index in [0.29, 0.717) is 0 Å². The van der Waals surface area contributed by atoms with Crippen molar-refractivity contribution in [1.82, 2.24) is 0 Å². The highest BCUT2D eigenvalue weighted by molar-refractivity contribution is 7.30. The average Bonchev–Trinajstić information content (AvgIpc) is 4.19. The summed E-state index contributed by atoms with van der Waals surface area (Å²) in [5.74, 6) is 0. The molecule has 0 fully saturated rings. The highest BCUT2D eigenvalue weighted by Crippen LogP contribution is 2.68. The third-order valence-corrected chi connectivity index (χ3v) is 19.0. The first kappa shape index (κ1) is 40.2. The molecule has 0 unspecified atom stereocenters. The van der Waals surface area contributed by atoms with Crippen molar-refractivity contribution in [2.24, 2.45) is 0 Å². The Morgan fingerprint density at radius 1 is 0.356 bits per heavy atom. The Bertz CT molecular complexity index is 4180. The number of benzene rings is 10. The van der Waals surface area contributed by atoms with Crippen LogP contribution in [0, 0.1) is 20.8 Å². The van der Waals surface area contributed by atoms with Gasteiger partial charge in [0.15, 0.2) is 0 Å². The predicted molar refractivity (Wildman–Crippen MR) is 305 cm³/mol. The number of anilines is 6. The molecule has 3 heterocycles. The summed E-state index contributed by atoms with van der Waals surface area (Å²) < 4.78 is 1.40. The highest BCUT2D eigenvalue weighted by atomic mass is 32.1. The van der Waals surface area contributed by atoms with Crippen LogP contribution in [0.1, 0.15) is 60.5 Å². The Kier molecular flexibility index (Phi) is 7.68. The summed E-state index contributed by atoms with van der Waals surface area (Å²) in [6.45, 7) is 6.71. The van der Waals surface area contributed by atoms with E-state index in [1.165, 1.54) is 149 Å². The first-order chi connectivity index (χ1) is 36.0. The van der Waals surface area contributed by atoms with Crippen molar-refractivity contribution in [2.75, 3.05) is 9.80 Å². The number of hydrogen-bond acceptors (Lipinski definition) is 3. The fraction of sp³-hybridized carbons (Fsp3) is 0.0725. The zero-order chi connectivity index (χ0) is 48.1. The van der Waals surface area contributed by atoms with Crippen LogP contribution in [-0.2, 0) is 10.8 Å². The summed E-state index contributed by atoms with van der Waals surface area (Å²) >= 11 is 2.07. The summed E-state index contributed by atoms with van der Waals surface area (Å²) in [5, 5.41) is 0. The predicted octanol–water partition coefficient (Wildman–Crippen LogP) is 15.4. The van der Waals surface area contributed by atoms with Gasteiger partial charge in [0.25, 0.3) is 6.71 Å². The molecule has 73 heavy (non-hydrogen) atoms. The number of hydrogen-bond donors (Lipinski definition) is 0. The molecule has 0 bridgehead atoms. The molecule has 0 amide bonds. The maximum absolute atomic E-state index is 2.67. The van der Waals surface area contributed by atoms with Gasteiger partial charge in [-0.1, -0.05) is 187 Å². The lowest BCUT2D eigenvalue weighted by atomic mass is 9.36. The van der Waals surface area contributed by atoms with Gasteiger partial charge in [-0.15, -0.1) is 11.3 Å². The van der Waals surface area contributed by atoms with Gasteiger partial charge in [0.05, 0.1) is 16.5 Å². The number of aryl methyl sites for hydroxylation is 3. The summed E-state index contributed by atoms with van der Waals surface area (Å²) in [7, 11) is 0. The van der Waals surface area contributed by atoms with E-state index in [-0.39, 0.29) is 6.71 Å². The minimum Gasteiger partial charge on any atom is -0.311 e. The van der Waals surface area contributed by atoms with Gasteiger partial charge in [-0.2, -0.15) is 0 Å². The van der Waals surface area contributed by atoms with Crippen molar-refractivity contribution in [3.63, 3.8) is 0 Å². The minimum absolute atomic E-state index is 0.0529. The van der Waals surface area contributed by atoms with Crippen LogP contribution in [0.5, 0.6) is 0 Å². The lowest BCUT2D eigenvalue weighted by molar-refractivity contribution is 0.794. The molecule has 0 saturated carbocycles. The van der Waals surface area contributed by atoms with Gasteiger partial charge in [0.1, 0.15) is 0 Å². The van der Waals surface area contributed by atoms with E-state index in [1.54, 1.807) is 0 Å². The van der Waals surface area contributed by atoms with E-state index < -0.39 is 10.8 Å². The van der Waals surface area contributed by atoms with Gasteiger partial charge in [-0.3, -0.25) is 0 Å². The molecular formula is C69H45BN2S. The number of para-hydroxylation sites is 1. The van der Waals surface area contributed by atoms with Crippen LogP contribution in [-0.4, -0.2) is 6.71 Å². The van der Waals surface area contributed by atoms with Crippen LogP contribution in [0.3, 0.4) is 0 Å². The number of nitrogens with zero attached hydrogens (tertiary/aromatic N) is 2. The fourth-order valence-corrected chi connectivity index (χ4v) is 16.6. The standard InChI is InChI=1S/C69H45BN2S/c1-40-29-32-44(33-30-40)72-62-37-42(3)36-61-64(62)70(67-65(72)63-50-34-31-41(2)35-57(50)69(66(63)73-67)55-27-15-9-21-47(55)48-22-10-16-28-56(48)69)59-38-51-49-23-11-14-26-54(49)68(58(51)39-60(59)71(61)43-17-5-4-6-18-43)52-24-12-7-19-45(52)46-20-8-13-25-53(46)68/h4-39H,1-3H3. The quantitative estimate of drug-likeness (QED) is 0.159. The second kappa shape index (κ2) is 13.9. The molecule has 4 aliphatic carbocycles. The smallest absolute Gasteiger partial charge is 0.264 e. The molecule has 0 radical (unpaired) electrons. The Labute approximate surface area is 430 Å². The van der Waals surface area contributed by atoms with Crippen molar-refractivity contribution >= 4 is 67.9 Å². The van der Waals surface area contributed by atoms with Gasteiger partial charge >= 0.3 is 0 Å². The Morgan fingerprint density at radius 2 is 0.836 bits per heavy atom. The molecule has 1 aromatic heterocycles. The van der Waals surface area contributed by atoms with E-state index in [0.717, 1.165) is 5.69 Å². The number of rotatable bonds is 2. The SMILES string of the molecule is Cc1ccc(N2c3cc(C)cc4c3B(c3cc5c(cc3N4c3ccccc3)C3(c4ccccc4-c4ccccc43)c3ccccc3-5)c3sc4c(c32)-c2ccc(C)cc2C42c3ccccc3-c3ccccc32)cc1. The van der Waals surface area contributed by atoms with E-state index >= 15 is 0 Å². The second-order valence-corrected chi connectivity index (χ2v) is 22.3. The molecule has 0 N–H and O–H groups in total. The van der Waals surface area contributed by atoms with Gasteiger partial charge in [0.2, 0.25) is 0 Å². The summed E-state index contributed by atoms with van der Waals surface area (Å²) in [5.41, 5.74) is 33.2. The monoisotopic (exact) mass is 944 g/mol. The average molecular weight is 945 g/mol. The first-order valence-electron chi connectivity index (χ1n) is 25.8. The summed E-state index contributed by atoms with van der Waals surface area (Å²) in [6, 6.07) is 84.2. The molecular weight excluding hydrogens is 900 g/mol. The van der Waals surface area contributed by atoms with Crippen molar-refractivity contribution in [1.29, 1.82) is 0 Å². The summed E-state index contributed by atoms with van der Waals surface area (Å²) in [6.07, 6.45) is 0. The van der Waals surface area contributed by atoms with Crippen molar-refractivity contribution in [3.8, 4) is 44.5 Å². The highest BCUT2D eigenvalue weighted by Gasteiger charge is 2.58. The van der Waals surface area contributed by atoms with Crippen LogP contribution in [0.2, 0.25) is 0 Å². The topological polar surface area (TPSA) is 6.48 Å². The molecule has 0 atom stereocenters. The Morgan fingerprint density at radius 3 is 1.42 bits per heavy atom. The van der Waals surface area contributed by atoms with Gasteiger partial charge in [-0.25, -0.2) is 0 Å². The van der Waals surface area contributed by atoms with Gasteiger partial charge in [-0.05, 0) is 158 Å². The first-order valence-corrected chi connectivity index (χ1v) is 26.6. The lowest BCUT2D eigenvalue weighted by Gasteiger charge is -2.44. The summed E-state index contributed by atoms with van der Waals surface area (Å²) in [4.78, 5) is 6.71. The Hall–Kier alpha value is -8.44. The zero-order valence-corrected chi connectivity index (χ0v) is 41.5. The lowest BCUT2D eigenvalue weighted by Crippen LogP contribution is -2.60. The number of fused-ring (bicyclic) bond motifs is 25. The van der Waals surface area contributed by atoms with Crippen LogP contribution in [0.4, 0.5) is 34.1 Å². The molecule has 2 aliphatic heterocycles. The van der Waals surface area contributed by atoms with E-state index in [4.69, 9.17) is 0 Å².